The summed E-state index contributed by atoms with van der Waals surface area (Å²) in [5.41, 5.74) is 0.846. The van der Waals surface area contributed by atoms with E-state index in [-0.39, 0.29) is 5.60 Å². The van der Waals surface area contributed by atoms with E-state index in [0.29, 0.717) is 18.6 Å². The molecule has 0 amide bonds. The molecule has 3 heteroatoms. The molecule has 3 nitrogen and oxygen atoms in total. The zero-order valence-electron chi connectivity index (χ0n) is 12.3. The van der Waals surface area contributed by atoms with Crippen LogP contribution in [0.1, 0.15) is 50.0 Å². The van der Waals surface area contributed by atoms with Gasteiger partial charge in [-0.05, 0) is 39.7 Å². The van der Waals surface area contributed by atoms with Gasteiger partial charge < -0.3 is 9.84 Å². The number of rotatable bonds is 7. The van der Waals surface area contributed by atoms with Gasteiger partial charge in [0.1, 0.15) is 6.29 Å². The van der Waals surface area contributed by atoms with E-state index in [2.05, 4.69) is 0 Å². The Morgan fingerprint density at radius 2 is 1.74 bits per heavy atom. The van der Waals surface area contributed by atoms with E-state index in [9.17, 15) is 9.90 Å². The van der Waals surface area contributed by atoms with E-state index < -0.39 is 5.60 Å². The molecule has 0 bridgehead atoms. The van der Waals surface area contributed by atoms with Crippen molar-refractivity contribution >= 4 is 6.29 Å². The van der Waals surface area contributed by atoms with E-state index in [4.69, 9.17) is 4.74 Å². The van der Waals surface area contributed by atoms with Gasteiger partial charge in [-0.15, -0.1) is 0 Å². The predicted molar refractivity (Wildman–Crippen MR) is 76.5 cm³/mol. The fourth-order valence-corrected chi connectivity index (χ4v) is 1.83. The van der Waals surface area contributed by atoms with Gasteiger partial charge in [-0.25, -0.2) is 0 Å². The molecule has 0 atom stereocenters. The minimum atomic E-state index is -0.693. The Morgan fingerprint density at radius 1 is 1.16 bits per heavy atom. The maximum atomic E-state index is 10.6. The van der Waals surface area contributed by atoms with Gasteiger partial charge in [0.25, 0.3) is 0 Å². The molecule has 0 saturated heterocycles. The zero-order chi connectivity index (χ0) is 14.5. The Labute approximate surface area is 115 Å². The van der Waals surface area contributed by atoms with Crippen LogP contribution in [-0.2, 0) is 11.2 Å². The Kier molecular flexibility index (Phi) is 5.27. The first-order valence-electron chi connectivity index (χ1n) is 6.62. The van der Waals surface area contributed by atoms with Crippen LogP contribution in [0, 0.1) is 0 Å². The largest absolute Gasteiger partial charge is 0.390 e. The lowest BCUT2D eigenvalue weighted by molar-refractivity contribution is -0.0453. The van der Waals surface area contributed by atoms with Crippen LogP contribution in [0.2, 0.25) is 0 Å². The van der Waals surface area contributed by atoms with Crippen molar-refractivity contribution in [3.63, 3.8) is 0 Å². The molecular weight excluding hydrogens is 240 g/mol. The van der Waals surface area contributed by atoms with Gasteiger partial charge in [-0.3, -0.25) is 4.79 Å². The summed E-state index contributed by atoms with van der Waals surface area (Å²) in [6.45, 7) is 8.15. The van der Waals surface area contributed by atoms with Crippen molar-refractivity contribution in [2.24, 2.45) is 0 Å². The molecule has 0 aliphatic heterocycles. The Hall–Kier alpha value is -1.19. The quantitative estimate of drug-likeness (QED) is 0.770. The molecule has 0 spiro atoms. The maximum Gasteiger partial charge on any atom is 0.150 e. The van der Waals surface area contributed by atoms with Crippen LogP contribution < -0.4 is 0 Å². The zero-order valence-corrected chi connectivity index (χ0v) is 12.3. The first-order chi connectivity index (χ1) is 8.72. The van der Waals surface area contributed by atoms with E-state index in [1.165, 1.54) is 0 Å². The van der Waals surface area contributed by atoms with Crippen LogP contribution in [0.5, 0.6) is 0 Å². The van der Waals surface area contributed by atoms with Crippen molar-refractivity contribution in [3.05, 3.63) is 35.4 Å². The molecule has 0 heterocycles. The number of hydrogen-bond donors (Lipinski definition) is 1. The third-order valence-electron chi connectivity index (χ3n) is 2.95. The molecule has 0 radical (unpaired) electrons. The Bertz CT molecular complexity index is 399. The highest BCUT2D eigenvalue weighted by molar-refractivity contribution is 5.74. The Morgan fingerprint density at radius 3 is 2.21 bits per heavy atom. The molecule has 0 aromatic heterocycles. The van der Waals surface area contributed by atoms with Crippen LogP contribution in [0.3, 0.4) is 0 Å². The first kappa shape index (κ1) is 15.9. The van der Waals surface area contributed by atoms with Crippen molar-refractivity contribution in [2.45, 2.75) is 51.7 Å². The van der Waals surface area contributed by atoms with E-state index in [0.717, 1.165) is 18.3 Å². The maximum absolute atomic E-state index is 10.6. The molecule has 0 unspecified atom stereocenters. The van der Waals surface area contributed by atoms with Crippen molar-refractivity contribution < 1.29 is 14.6 Å². The molecule has 19 heavy (non-hydrogen) atoms. The van der Waals surface area contributed by atoms with Crippen molar-refractivity contribution in [1.29, 1.82) is 0 Å². The molecule has 0 aliphatic rings. The van der Waals surface area contributed by atoms with Crippen molar-refractivity contribution in [1.82, 2.24) is 0 Å². The predicted octanol–water partition coefficient (Wildman–Crippen LogP) is 3.00. The van der Waals surface area contributed by atoms with E-state index in [1.54, 1.807) is 13.8 Å². The highest BCUT2D eigenvalue weighted by Crippen LogP contribution is 2.19. The van der Waals surface area contributed by atoms with Crippen LogP contribution in [0.25, 0.3) is 0 Å². The van der Waals surface area contributed by atoms with Gasteiger partial charge >= 0.3 is 0 Å². The van der Waals surface area contributed by atoms with E-state index in [1.807, 2.05) is 38.1 Å². The number of benzene rings is 1. The van der Waals surface area contributed by atoms with Crippen LogP contribution in [0.15, 0.2) is 24.3 Å². The lowest BCUT2D eigenvalue weighted by Crippen LogP contribution is -2.30. The molecule has 1 aromatic carbocycles. The molecule has 1 rings (SSSR count). The monoisotopic (exact) mass is 264 g/mol. The summed E-state index contributed by atoms with van der Waals surface area (Å²) in [4.78, 5) is 10.6. The second-order valence-electron chi connectivity index (χ2n) is 6.21. The average molecular weight is 264 g/mol. The summed E-state index contributed by atoms with van der Waals surface area (Å²) in [5.74, 6) is 0. The van der Waals surface area contributed by atoms with Gasteiger partial charge in [-0.1, -0.05) is 24.3 Å². The molecule has 0 fully saturated rings. The van der Waals surface area contributed by atoms with Gasteiger partial charge in [0.15, 0.2) is 0 Å². The number of aldehydes is 1. The number of ether oxygens (including phenoxy) is 1. The summed E-state index contributed by atoms with van der Waals surface area (Å²) in [6.07, 6.45) is 2.23. The lowest BCUT2D eigenvalue weighted by Gasteiger charge is -2.27. The summed E-state index contributed by atoms with van der Waals surface area (Å²) in [5, 5.41) is 9.65. The summed E-state index contributed by atoms with van der Waals surface area (Å²) in [6, 6.07) is 7.53. The topological polar surface area (TPSA) is 46.5 Å². The minimum Gasteiger partial charge on any atom is -0.390 e. The van der Waals surface area contributed by atoms with E-state index >= 15 is 0 Å². The molecule has 1 aromatic rings. The molecule has 0 aliphatic carbocycles. The molecule has 1 N–H and O–H groups in total. The van der Waals surface area contributed by atoms with Crippen LogP contribution in [0.4, 0.5) is 0 Å². The normalized spacial score (nSPS) is 12.5. The SMILES string of the molecule is CC(C)(O)CCOC(C)(C)Cc1ccc(C=O)cc1. The molecular formula is C16H24O3. The highest BCUT2D eigenvalue weighted by Gasteiger charge is 2.21. The second kappa shape index (κ2) is 6.31. The Balaban J connectivity index is 2.50. The van der Waals surface area contributed by atoms with Crippen LogP contribution >= 0.6 is 0 Å². The smallest absolute Gasteiger partial charge is 0.150 e. The summed E-state index contributed by atoms with van der Waals surface area (Å²) in [7, 11) is 0. The van der Waals surface area contributed by atoms with Gasteiger partial charge in [0, 0.05) is 12.0 Å². The van der Waals surface area contributed by atoms with Crippen molar-refractivity contribution in [2.75, 3.05) is 6.61 Å². The number of carbonyl (C=O) groups excluding carboxylic acids is 1. The third-order valence-corrected chi connectivity index (χ3v) is 2.95. The minimum absolute atomic E-state index is 0.284. The standard InChI is InChI=1S/C16H24O3/c1-15(2,18)9-10-19-16(3,4)11-13-5-7-14(12-17)8-6-13/h5-8,12,18H,9-11H2,1-4H3. The summed E-state index contributed by atoms with van der Waals surface area (Å²) >= 11 is 0. The van der Waals surface area contributed by atoms with Gasteiger partial charge in [0.05, 0.1) is 17.8 Å². The fraction of sp³-hybridized carbons (Fsp3) is 0.562. The number of hydrogen-bond acceptors (Lipinski definition) is 3. The lowest BCUT2D eigenvalue weighted by atomic mass is 9.97. The second-order valence-corrected chi connectivity index (χ2v) is 6.21. The highest BCUT2D eigenvalue weighted by atomic mass is 16.5. The third kappa shape index (κ3) is 6.50. The molecule has 106 valence electrons. The van der Waals surface area contributed by atoms with Gasteiger partial charge in [-0.2, -0.15) is 0 Å². The summed E-state index contributed by atoms with van der Waals surface area (Å²) < 4.78 is 5.84. The average Bonchev–Trinajstić information content (AvgIpc) is 2.27. The fourth-order valence-electron chi connectivity index (χ4n) is 1.83. The van der Waals surface area contributed by atoms with Gasteiger partial charge in [0.2, 0.25) is 0 Å². The van der Waals surface area contributed by atoms with Crippen molar-refractivity contribution in [3.8, 4) is 0 Å². The number of carbonyl (C=O) groups is 1. The number of aliphatic hydroxyl groups is 1. The molecule has 0 saturated carbocycles. The van der Waals surface area contributed by atoms with Crippen LogP contribution in [-0.4, -0.2) is 29.2 Å². The first-order valence-corrected chi connectivity index (χ1v) is 6.62.